The predicted molar refractivity (Wildman–Crippen MR) is 82.7 cm³/mol. The van der Waals surface area contributed by atoms with Gasteiger partial charge < -0.3 is 10.2 Å². The molecule has 0 spiro atoms. The van der Waals surface area contributed by atoms with E-state index in [4.69, 9.17) is 0 Å². The average Bonchev–Trinajstić information content (AvgIpc) is 2.66. The zero-order chi connectivity index (χ0) is 14.4. The summed E-state index contributed by atoms with van der Waals surface area (Å²) in [6.07, 6.45) is 2.32. The zero-order valence-electron chi connectivity index (χ0n) is 13.5. The number of aryl methyl sites for hydroxylation is 2. The zero-order valence-corrected chi connectivity index (χ0v) is 13.5. The van der Waals surface area contributed by atoms with Crippen molar-refractivity contribution in [2.75, 3.05) is 18.0 Å². The SMILES string of the molecule is CCCNCc1c(C)nn(C)c1N(CC)C(C)CC. The molecule has 0 aliphatic carbocycles. The van der Waals surface area contributed by atoms with Gasteiger partial charge >= 0.3 is 0 Å². The van der Waals surface area contributed by atoms with Gasteiger partial charge in [-0.2, -0.15) is 5.10 Å². The Morgan fingerprint density at radius 3 is 2.53 bits per heavy atom. The van der Waals surface area contributed by atoms with Crippen LogP contribution in [0.3, 0.4) is 0 Å². The van der Waals surface area contributed by atoms with Crippen LogP contribution in [0.1, 0.15) is 51.8 Å². The summed E-state index contributed by atoms with van der Waals surface area (Å²) < 4.78 is 2.04. The first-order chi connectivity index (χ1) is 9.06. The summed E-state index contributed by atoms with van der Waals surface area (Å²) in [5.41, 5.74) is 2.49. The third-order valence-electron chi connectivity index (χ3n) is 3.78. The number of nitrogens with zero attached hydrogens (tertiary/aromatic N) is 3. The van der Waals surface area contributed by atoms with Crippen molar-refractivity contribution in [2.45, 2.75) is 60.0 Å². The molecule has 0 bridgehead atoms. The normalized spacial score (nSPS) is 12.7. The van der Waals surface area contributed by atoms with Crippen LogP contribution in [-0.2, 0) is 13.6 Å². The fourth-order valence-electron chi connectivity index (χ4n) is 2.54. The lowest BCUT2D eigenvalue weighted by atomic mass is 10.1. The molecule has 19 heavy (non-hydrogen) atoms. The molecule has 4 heteroatoms. The smallest absolute Gasteiger partial charge is 0.131 e. The fraction of sp³-hybridized carbons (Fsp3) is 0.800. The number of anilines is 1. The third kappa shape index (κ3) is 3.72. The molecule has 1 atom stereocenters. The van der Waals surface area contributed by atoms with Crippen molar-refractivity contribution in [2.24, 2.45) is 7.05 Å². The third-order valence-corrected chi connectivity index (χ3v) is 3.78. The first kappa shape index (κ1) is 16.0. The number of aromatic nitrogens is 2. The molecular formula is C15H30N4. The van der Waals surface area contributed by atoms with Gasteiger partial charge in [-0.25, -0.2) is 0 Å². The molecule has 0 fully saturated rings. The van der Waals surface area contributed by atoms with Crippen molar-refractivity contribution in [1.82, 2.24) is 15.1 Å². The molecule has 1 rings (SSSR count). The summed E-state index contributed by atoms with van der Waals surface area (Å²) in [6, 6.07) is 0.546. The molecule has 1 N–H and O–H groups in total. The number of rotatable bonds is 8. The van der Waals surface area contributed by atoms with E-state index in [9.17, 15) is 0 Å². The summed E-state index contributed by atoms with van der Waals surface area (Å²) in [5.74, 6) is 1.28. The lowest BCUT2D eigenvalue weighted by molar-refractivity contribution is 0.594. The molecule has 4 nitrogen and oxygen atoms in total. The van der Waals surface area contributed by atoms with E-state index in [1.165, 1.54) is 11.4 Å². The largest absolute Gasteiger partial charge is 0.354 e. The van der Waals surface area contributed by atoms with Crippen LogP contribution in [0.15, 0.2) is 0 Å². The number of nitrogens with one attached hydrogen (secondary N) is 1. The summed E-state index contributed by atoms with van der Waals surface area (Å²) in [7, 11) is 2.05. The number of hydrogen-bond donors (Lipinski definition) is 1. The highest BCUT2D eigenvalue weighted by Crippen LogP contribution is 2.25. The summed E-state index contributed by atoms with van der Waals surface area (Å²) in [4.78, 5) is 2.46. The molecule has 1 heterocycles. The predicted octanol–water partition coefficient (Wildman–Crippen LogP) is 2.85. The maximum Gasteiger partial charge on any atom is 0.131 e. The van der Waals surface area contributed by atoms with Gasteiger partial charge in [0.2, 0.25) is 0 Å². The minimum Gasteiger partial charge on any atom is -0.354 e. The van der Waals surface area contributed by atoms with Crippen LogP contribution in [0.25, 0.3) is 0 Å². The highest BCUT2D eigenvalue weighted by atomic mass is 15.4. The van der Waals surface area contributed by atoms with Crippen molar-refractivity contribution in [3.63, 3.8) is 0 Å². The maximum absolute atomic E-state index is 4.61. The van der Waals surface area contributed by atoms with Crippen molar-refractivity contribution in [1.29, 1.82) is 0 Å². The summed E-state index contributed by atoms with van der Waals surface area (Å²) >= 11 is 0. The van der Waals surface area contributed by atoms with Crippen molar-refractivity contribution < 1.29 is 0 Å². The Balaban J connectivity index is 3.02. The lowest BCUT2D eigenvalue weighted by Gasteiger charge is -2.30. The van der Waals surface area contributed by atoms with Crippen LogP contribution >= 0.6 is 0 Å². The Hall–Kier alpha value is -1.03. The molecule has 0 radical (unpaired) electrons. The van der Waals surface area contributed by atoms with E-state index in [-0.39, 0.29) is 0 Å². The Morgan fingerprint density at radius 2 is 2.00 bits per heavy atom. The standard InChI is InChI=1S/C15H30N4/c1-7-10-16-11-14-13(5)17-18(6)15(14)19(9-3)12(4)8-2/h12,16H,7-11H2,1-6H3. The van der Waals surface area contributed by atoms with Crippen molar-refractivity contribution >= 4 is 5.82 Å². The van der Waals surface area contributed by atoms with Gasteiger partial charge in [-0.15, -0.1) is 0 Å². The molecule has 1 aromatic heterocycles. The van der Waals surface area contributed by atoms with Gasteiger partial charge in [0.15, 0.2) is 0 Å². The van der Waals surface area contributed by atoms with Gasteiger partial charge in [0.1, 0.15) is 5.82 Å². The van der Waals surface area contributed by atoms with Crippen LogP contribution in [0.5, 0.6) is 0 Å². The van der Waals surface area contributed by atoms with Gasteiger partial charge in [0.25, 0.3) is 0 Å². The molecule has 0 aliphatic heterocycles. The second kappa shape index (κ2) is 7.53. The quantitative estimate of drug-likeness (QED) is 0.735. The monoisotopic (exact) mass is 266 g/mol. The van der Waals surface area contributed by atoms with Gasteiger partial charge in [-0.1, -0.05) is 13.8 Å². The molecule has 1 aromatic rings. The van der Waals surface area contributed by atoms with Crippen LogP contribution in [0.4, 0.5) is 5.82 Å². The average molecular weight is 266 g/mol. The minimum atomic E-state index is 0.546. The van der Waals surface area contributed by atoms with E-state index >= 15 is 0 Å². The second-order valence-electron chi connectivity index (χ2n) is 5.23. The Morgan fingerprint density at radius 1 is 1.32 bits per heavy atom. The minimum absolute atomic E-state index is 0.546. The van der Waals surface area contributed by atoms with Gasteiger partial charge in [-0.05, 0) is 40.2 Å². The highest BCUT2D eigenvalue weighted by Gasteiger charge is 2.21. The highest BCUT2D eigenvalue weighted by molar-refractivity contribution is 5.50. The second-order valence-corrected chi connectivity index (χ2v) is 5.23. The van der Waals surface area contributed by atoms with Gasteiger partial charge in [0.05, 0.1) is 5.69 Å². The van der Waals surface area contributed by atoms with Gasteiger partial charge in [0, 0.05) is 31.7 Å². The Bertz CT molecular complexity index is 384. The molecule has 0 aliphatic rings. The van der Waals surface area contributed by atoms with Crippen LogP contribution in [0, 0.1) is 6.92 Å². The van der Waals surface area contributed by atoms with Crippen LogP contribution < -0.4 is 10.2 Å². The Kier molecular flexibility index (Phi) is 6.35. The van der Waals surface area contributed by atoms with Crippen molar-refractivity contribution in [3.05, 3.63) is 11.3 Å². The molecule has 1 unspecified atom stereocenters. The Labute approximate surface area is 118 Å². The van der Waals surface area contributed by atoms with Crippen molar-refractivity contribution in [3.8, 4) is 0 Å². The van der Waals surface area contributed by atoms with E-state index in [1.807, 2.05) is 4.68 Å². The lowest BCUT2D eigenvalue weighted by Crippen LogP contribution is -2.35. The van der Waals surface area contributed by atoms with E-state index in [0.29, 0.717) is 6.04 Å². The van der Waals surface area contributed by atoms with E-state index in [2.05, 4.69) is 57.0 Å². The fourth-order valence-corrected chi connectivity index (χ4v) is 2.54. The van der Waals surface area contributed by atoms with E-state index in [0.717, 1.165) is 38.2 Å². The molecule has 0 saturated heterocycles. The molecule has 110 valence electrons. The van der Waals surface area contributed by atoms with E-state index < -0.39 is 0 Å². The summed E-state index contributed by atoms with van der Waals surface area (Å²) in [6.45, 7) is 14.0. The van der Waals surface area contributed by atoms with Crippen LogP contribution in [0.2, 0.25) is 0 Å². The molecule has 0 aromatic carbocycles. The first-order valence-electron chi connectivity index (χ1n) is 7.56. The summed E-state index contributed by atoms with van der Waals surface area (Å²) in [5, 5.41) is 8.11. The molecular weight excluding hydrogens is 236 g/mol. The van der Waals surface area contributed by atoms with Gasteiger partial charge in [-0.3, -0.25) is 4.68 Å². The molecule has 0 amide bonds. The first-order valence-corrected chi connectivity index (χ1v) is 7.56. The molecule has 0 saturated carbocycles. The number of hydrogen-bond acceptors (Lipinski definition) is 3. The maximum atomic E-state index is 4.61. The van der Waals surface area contributed by atoms with Crippen LogP contribution in [-0.4, -0.2) is 28.9 Å². The topological polar surface area (TPSA) is 33.1 Å². The van der Waals surface area contributed by atoms with E-state index in [1.54, 1.807) is 0 Å².